The Morgan fingerprint density at radius 2 is 1.54 bits per heavy atom. The number of rotatable bonds is 10. The molecule has 2 N–H and O–H groups in total. The van der Waals surface area contributed by atoms with E-state index in [1.807, 2.05) is 13.8 Å². The highest BCUT2D eigenvalue weighted by atomic mass is 32.2. The smallest absolute Gasteiger partial charge is 0.339 e. The van der Waals surface area contributed by atoms with Gasteiger partial charge in [0.2, 0.25) is 0 Å². The van der Waals surface area contributed by atoms with Crippen molar-refractivity contribution in [1.29, 1.82) is 0 Å². The van der Waals surface area contributed by atoms with Gasteiger partial charge < -0.3 is 14.9 Å². The number of aromatic carboxylic acids is 2. The lowest BCUT2D eigenvalue weighted by Crippen LogP contribution is -2.16. The van der Waals surface area contributed by atoms with Gasteiger partial charge in [0, 0.05) is 0 Å². The molecule has 0 aliphatic rings. The fourth-order valence-corrected chi connectivity index (χ4v) is 3.09. The third-order valence-electron chi connectivity index (χ3n) is 3.21. The van der Waals surface area contributed by atoms with E-state index < -0.39 is 40.4 Å². The monoisotopic (exact) mass is 362 g/mol. The largest absolute Gasteiger partial charge is 0.489 e. The van der Waals surface area contributed by atoms with E-state index >= 15 is 0 Å². The predicted molar refractivity (Wildman–Crippen MR) is 86.3 cm³/mol. The molecule has 0 fully saturated rings. The first-order valence-corrected chi connectivity index (χ1v) is 8.62. The third kappa shape index (κ3) is 4.59. The molecule has 0 saturated heterocycles. The lowest BCUT2D eigenvalue weighted by molar-refractivity contribution is 0.0640. The second-order valence-corrected chi connectivity index (χ2v) is 6.16. The molecule has 0 aliphatic heterocycles. The van der Waals surface area contributed by atoms with Gasteiger partial charge in [0.15, 0.2) is 17.4 Å². The van der Waals surface area contributed by atoms with Gasteiger partial charge in [-0.1, -0.05) is 26.7 Å². The van der Waals surface area contributed by atoms with Crippen LogP contribution in [-0.4, -0.2) is 34.5 Å². The summed E-state index contributed by atoms with van der Waals surface area (Å²) in [6.45, 7) is 3.89. The Morgan fingerprint density at radius 1 is 1.00 bits per heavy atom. The number of hydrogen-bond acceptors (Lipinski definition) is 4. The van der Waals surface area contributed by atoms with Gasteiger partial charge >= 0.3 is 11.9 Å². The van der Waals surface area contributed by atoms with Crippen LogP contribution in [0.25, 0.3) is 0 Å². The van der Waals surface area contributed by atoms with Crippen LogP contribution in [0.15, 0.2) is 4.90 Å². The van der Waals surface area contributed by atoms with Gasteiger partial charge in [0.05, 0.1) is 11.5 Å². The molecule has 0 unspecified atom stereocenters. The summed E-state index contributed by atoms with van der Waals surface area (Å²) in [5.41, 5.74) is -2.40. The number of carboxylic acid groups (broad SMARTS) is 2. The molecule has 0 saturated carbocycles. The zero-order valence-electron chi connectivity index (χ0n) is 13.5. The second-order valence-electron chi connectivity index (χ2n) is 5.05. The van der Waals surface area contributed by atoms with Gasteiger partial charge in [-0.3, -0.25) is 0 Å². The summed E-state index contributed by atoms with van der Waals surface area (Å²) >= 11 is 0.926. The summed E-state index contributed by atoms with van der Waals surface area (Å²) in [5.74, 6) is -6.40. The van der Waals surface area contributed by atoms with Gasteiger partial charge in [-0.15, -0.1) is 11.8 Å². The number of benzene rings is 1. The Hall–Kier alpha value is -1.83. The quantitative estimate of drug-likeness (QED) is 0.473. The molecule has 1 aromatic rings. The Bertz CT molecular complexity index is 566. The molecule has 0 radical (unpaired) electrons. The van der Waals surface area contributed by atoms with E-state index in [0.29, 0.717) is 18.6 Å². The van der Waals surface area contributed by atoms with Crippen LogP contribution in [0.3, 0.4) is 0 Å². The van der Waals surface area contributed by atoms with Crippen molar-refractivity contribution in [3.05, 3.63) is 22.8 Å². The van der Waals surface area contributed by atoms with Crippen LogP contribution in [0, 0.1) is 11.6 Å². The lowest BCUT2D eigenvalue weighted by atomic mass is 10.1. The minimum atomic E-state index is -1.85. The van der Waals surface area contributed by atoms with E-state index in [-0.39, 0.29) is 11.5 Å². The molecule has 1 aromatic carbocycles. The molecule has 0 aromatic heterocycles. The van der Waals surface area contributed by atoms with Gasteiger partial charge in [0.1, 0.15) is 11.1 Å². The van der Waals surface area contributed by atoms with Gasteiger partial charge in [-0.05, 0) is 18.6 Å². The van der Waals surface area contributed by atoms with Gasteiger partial charge in [-0.25, -0.2) is 18.4 Å². The molecular weight excluding hydrogens is 342 g/mol. The molecule has 134 valence electrons. The van der Waals surface area contributed by atoms with Crippen LogP contribution in [0.1, 0.15) is 60.2 Å². The predicted octanol–water partition coefficient (Wildman–Crippen LogP) is 4.43. The first-order valence-electron chi connectivity index (χ1n) is 7.63. The van der Waals surface area contributed by atoms with Gasteiger partial charge in [-0.2, -0.15) is 0 Å². The number of ether oxygens (including phenoxy) is 1. The highest BCUT2D eigenvalue weighted by molar-refractivity contribution is 7.99. The van der Waals surface area contributed by atoms with Crippen molar-refractivity contribution >= 4 is 23.7 Å². The zero-order chi connectivity index (χ0) is 18.3. The van der Waals surface area contributed by atoms with Gasteiger partial charge in [0.25, 0.3) is 0 Å². The Morgan fingerprint density at radius 3 is 2.04 bits per heavy atom. The number of carbonyl (C=O) groups is 2. The Balaban J connectivity index is 3.50. The normalized spacial score (nSPS) is 10.7. The minimum absolute atomic E-state index is 0.0830. The molecule has 0 spiro atoms. The molecule has 0 heterocycles. The highest BCUT2D eigenvalue weighted by Crippen LogP contribution is 2.39. The fourth-order valence-electron chi connectivity index (χ4n) is 1.94. The maximum atomic E-state index is 14.6. The highest BCUT2D eigenvalue weighted by Gasteiger charge is 2.33. The SMILES string of the molecule is CCCCOc1c(F)c(C(=O)O)c(C(=O)O)c(F)c1SCCCC. The zero-order valence-corrected chi connectivity index (χ0v) is 14.3. The number of thioether (sulfide) groups is 1. The van der Waals surface area contributed by atoms with Crippen LogP contribution in [0.4, 0.5) is 8.78 Å². The Kier molecular flexibility index (Phi) is 7.97. The van der Waals surface area contributed by atoms with E-state index in [4.69, 9.17) is 14.9 Å². The fraction of sp³-hybridized carbons (Fsp3) is 0.500. The molecule has 1 rings (SSSR count). The van der Waals surface area contributed by atoms with Crippen molar-refractivity contribution in [3.8, 4) is 5.75 Å². The molecule has 0 amide bonds. The molecular formula is C16H20F2O5S. The number of hydrogen-bond donors (Lipinski definition) is 2. The van der Waals surface area contributed by atoms with Crippen LogP contribution < -0.4 is 4.74 Å². The minimum Gasteiger partial charge on any atom is -0.489 e. The topological polar surface area (TPSA) is 83.8 Å². The summed E-state index contributed by atoms with van der Waals surface area (Å²) in [5, 5.41) is 18.2. The van der Waals surface area contributed by atoms with E-state index in [0.717, 1.165) is 24.6 Å². The van der Waals surface area contributed by atoms with Crippen LogP contribution in [0.5, 0.6) is 5.75 Å². The maximum absolute atomic E-state index is 14.6. The van der Waals surface area contributed by atoms with Crippen molar-refractivity contribution in [3.63, 3.8) is 0 Å². The van der Waals surface area contributed by atoms with E-state index in [2.05, 4.69) is 0 Å². The standard InChI is InChI=1S/C16H20F2O5S/c1-3-5-7-23-13-11(17)9(15(19)20)10(16(21)22)12(18)14(13)24-8-6-4-2/h3-8H2,1-2H3,(H,19,20)(H,21,22). The second kappa shape index (κ2) is 9.46. The van der Waals surface area contributed by atoms with Crippen LogP contribution in [-0.2, 0) is 0 Å². The van der Waals surface area contributed by atoms with Crippen molar-refractivity contribution in [2.24, 2.45) is 0 Å². The molecule has 0 atom stereocenters. The molecule has 0 aliphatic carbocycles. The molecule has 24 heavy (non-hydrogen) atoms. The summed E-state index contributed by atoms with van der Waals surface area (Å²) in [6.07, 6.45) is 2.86. The maximum Gasteiger partial charge on any atom is 0.339 e. The third-order valence-corrected chi connectivity index (χ3v) is 4.36. The lowest BCUT2D eigenvalue weighted by Gasteiger charge is -2.16. The number of halogens is 2. The molecule has 5 nitrogen and oxygen atoms in total. The van der Waals surface area contributed by atoms with E-state index in [1.54, 1.807) is 0 Å². The van der Waals surface area contributed by atoms with Crippen molar-refractivity contribution < 1.29 is 33.3 Å². The van der Waals surface area contributed by atoms with Crippen LogP contribution >= 0.6 is 11.8 Å². The Labute approximate surface area is 143 Å². The molecule has 8 heteroatoms. The van der Waals surface area contributed by atoms with E-state index in [9.17, 15) is 18.4 Å². The summed E-state index contributed by atoms with van der Waals surface area (Å²) < 4.78 is 34.4. The first-order chi connectivity index (χ1) is 11.4. The van der Waals surface area contributed by atoms with Crippen molar-refractivity contribution in [1.82, 2.24) is 0 Å². The average molecular weight is 362 g/mol. The summed E-state index contributed by atoms with van der Waals surface area (Å²) in [6, 6.07) is 0. The number of carboxylic acids is 2. The summed E-state index contributed by atoms with van der Waals surface area (Å²) in [7, 11) is 0. The summed E-state index contributed by atoms with van der Waals surface area (Å²) in [4.78, 5) is 22.2. The van der Waals surface area contributed by atoms with E-state index in [1.165, 1.54) is 0 Å². The average Bonchev–Trinajstić information content (AvgIpc) is 2.51. The molecule has 0 bridgehead atoms. The first kappa shape index (κ1) is 20.2. The number of unbranched alkanes of at least 4 members (excludes halogenated alkanes) is 2. The van der Waals surface area contributed by atoms with Crippen LogP contribution in [0.2, 0.25) is 0 Å². The van der Waals surface area contributed by atoms with Crippen molar-refractivity contribution in [2.75, 3.05) is 12.4 Å². The van der Waals surface area contributed by atoms with Crippen molar-refractivity contribution in [2.45, 2.75) is 44.4 Å².